The molecule has 6 nitrogen and oxygen atoms in total. The fourth-order valence-corrected chi connectivity index (χ4v) is 4.67. The fraction of sp³-hybridized carbons (Fsp3) is 0.520. The number of nitrogens with zero attached hydrogens (tertiary/aromatic N) is 3. The van der Waals surface area contributed by atoms with Crippen molar-refractivity contribution in [3.8, 4) is 11.5 Å². The molecule has 0 N–H and O–H groups in total. The summed E-state index contributed by atoms with van der Waals surface area (Å²) in [5, 5.41) is 0. The number of benzene rings is 1. The summed E-state index contributed by atoms with van der Waals surface area (Å²) in [4.78, 5) is 19.5. The molecule has 0 saturated carbocycles. The Labute approximate surface area is 193 Å². The van der Waals surface area contributed by atoms with Gasteiger partial charge in [0.2, 0.25) is 0 Å². The molecule has 178 valence electrons. The first-order valence-electron chi connectivity index (χ1n) is 11.4. The third-order valence-corrected chi connectivity index (χ3v) is 6.37. The maximum absolute atomic E-state index is 13.7. The van der Waals surface area contributed by atoms with Gasteiger partial charge in [0, 0.05) is 38.5 Å². The maximum atomic E-state index is 13.7. The highest BCUT2D eigenvalue weighted by Crippen LogP contribution is 2.41. The number of aromatic nitrogens is 1. The van der Waals surface area contributed by atoms with E-state index < -0.39 is 5.92 Å². The van der Waals surface area contributed by atoms with Gasteiger partial charge < -0.3 is 24.1 Å². The number of Topliss-reactive ketones (excluding diaryl/α,β-unsaturated/α-hetero) is 1. The molecule has 1 aromatic heterocycles. The molecule has 2 aliphatic rings. The summed E-state index contributed by atoms with van der Waals surface area (Å²) in [5.74, 6) is -0.549. The normalized spacial score (nSPS) is 20.7. The Kier molecular flexibility index (Phi) is 6.72. The number of carbonyl (C=O) groups is 1. The van der Waals surface area contributed by atoms with Gasteiger partial charge in [-0.05, 0) is 36.6 Å². The zero-order chi connectivity index (χ0) is 23.6. The average Bonchev–Trinajstić information content (AvgIpc) is 3.39. The molecule has 0 bridgehead atoms. The summed E-state index contributed by atoms with van der Waals surface area (Å²) < 4.78 is 39.3. The van der Waals surface area contributed by atoms with Crippen LogP contribution in [0.5, 0.6) is 11.5 Å². The first kappa shape index (κ1) is 23.3. The minimum Gasteiger partial charge on any atom is -0.491 e. The number of halogens is 2. The van der Waals surface area contributed by atoms with Gasteiger partial charge in [-0.1, -0.05) is 19.1 Å². The Hall–Kier alpha value is -2.90. The number of ether oxygens (including phenoxy) is 2. The van der Waals surface area contributed by atoms with Gasteiger partial charge in [0.1, 0.15) is 17.6 Å². The topological polar surface area (TPSA) is 54.9 Å². The Balaban J connectivity index is 1.42. The predicted molar refractivity (Wildman–Crippen MR) is 124 cm³/mol. The maximum Gasteiger partial charge on any atom is 0.266 e. The van der Waals surface area contributed by atoms with Crippen molar-refractivity contribution in [3.63, 3.8) is 0 Å². The van der Waals surface area contributed by atoms with Crippen LogP contribution in [0.4, 0.5) is 20.3 Å². The second kappa shape index (κ2) is 9.53. The molecule has 8 heteroatoms. The zero-order valence-electron chi connectivity index (χ0n) is 19.4. The lowest BCUT2D eigenvalue weighted by Crippen LogP contribution is -2.28. The summed E-state index contributed by atoms with van der Waals surface area (Å²) in [7, 11) is 1.55. The summed E-state index contributed by atoms with van der Waals surface area (Å²) in [6.45, 7) is 5.01. The lowest BCUT2D eigenvalue weighted by Gasteiger charge is -2.26. The molecule has 2 aromatic rings. The number of hydrogen-bond acceptors (Lipinski definition) is 6. The van der Waals surface area contributed by atoms with Crippen molar-refractivity contribution >= 4 is 17.3 Å². The van der Waals surface area contributed by atoms with Gasteiger partial charge in [-0.15, -0.1) is 0 Å². The Morgan fingerprint density at radius 2 is 1.97 bits per heavy atom. The highest BCUT2D eigenvalue weighted by Gasteiger charge is 2.40. The molecular formula is C25H31F2N3O3. The lowest BCUT2D eigenvalue weighted by molar-refractivity contribution is -0.117. The van der Waals surface area contributed by atoms with Crippen LogP contribution >= 0.6 is 0 Å². The highest BCUT2D eigenvalue weighted by atomic mass is 19.3. The Morgan fingerprint density at radius 1 is 1.21 bits per heavy atom. The third-order valence-electron chi connectivity index (χ3n) is 6.37. The van der Waals surface area contributed by atoms with Crippen molar-refractivity contribution < 1.29 is 23.0 Å². The largest absolute Gasteiger partial charge is 0.491 e. The molecular weight excluding hydrogens is 428 g/mol. The van der Waals surface area contributed by atoms with Crippen molar-refractivity contribution in [1.82, 2.24) is 4.98 Å². The lowest BCUT2D eigenvalue weighted by atomic mass is 9.96. The highest BCUT2D eigenvalue weighted by molar-refractivity contribution is 5.76. The average molecular weight is 460 g/mol. The number of pyridine rings is 1. The number of anilines is 2. The number of rotatable bonds is 8. The zero-order valence-corrected chi connectivity index (χ0v) is 19.4. The fourth-order valence-electron chi connectivity index (χ4n) is 4.67. The molecule has 0 unspecified atom stereocenters. The van der Waals surface area contributed by atoms with Crippen molar-refractivity contribution in [2.75, 3.05) is 43.1 Å². The van der Waals surface area contributed by atoms with Gasteiger partial charge in [-0.3, -0.25) is 0 Å². The van der Waals surface area contributed by atoms with Crippen LogP contribution in [0, 0.1) is 0 Å². The Bertz CT molecular complexity index is 983. The molecule has 2 atom stereocenters. The monoisotopic (exact) mass is 459 g/mol. The van der Waals surface area contributed by atoms with Crippen LogP contribution in [0.1, 0.15) is 44.6 Å². The van der Waals surface area contributed by atoms with Gasteiger partial charge in [0.05, 0.1) is 25.9 Å². The molecule has 0 aliphatic carbocycles. The molecule has 0 radical (unpaired) electrons. The number of alkyl halides is 2. The van der Waals surface area contributed by atoms with Gasteiger partial charge in [0.15, 0.2) is 11.6 Å². The van der Waals surface area contributed by atoms with Crippen molar-refractivity contribution in [1.29, 1.82) is 0 Å². The van der Waals surface area contributed by atoms with E-state index in [4.69, 9.17) is 9.47 Å². The Morgan fingerprint density at radius 3 is 2.61 bits per heavy atom. The molecule has 0 spiro atoms. The molecule has 3 heterocycles. The van der Waals surface area contributed by atoms with Crippen LogP contribution in [0.2, 0.25) is 0 Å². The molecule has 2 fully saturated rings. The first-order valence-corrected chi connectivity index (χ1v) is 11.4. The van der Waals surface area contributed by atoms with Crippen LogP contribution in [-0.2, 0) is 4.79 Å². The van der Waals surface area contributed by atoms with E-state index in [0.29, 0.717) is 24.5 Å². The molecule has 33 heavy (non-hydrogen) atoms. The summed E-state index contributed by atoms with van der Waals surface area (Å²) in [5.41, 5.74) is 1.96. The van der Waals surface area contributed by atoms with Crippen molar-refractivity contribution in [2.24, 2.45) is 0 Å². The number of hydrogen-bond donors (Lipinski definition) is 0. The number of methoxy groups -OCH3 is 1. The summed E-state index contributed by atoms with van der Waals surface area (Å²) in [6.07, 6.45) is 2.85. The molecule has 2 saturated heterocycles. The summed E-state index contributed by atoms with van der Waals surface area (Å²) in [6, 6.07) is 9.80. The van der Waals surface area contributed by atoms with Gasteiger partial charge in [-0.25, -0.2) is 13.8 Å². The van der Waals surface area contributed by atoms with E-state index in [1.54, 1.807) is 25.1 Å². The van der Waals surface area contributed by atoms with E-state index in [1.165, 1.54) is 0 Å². The van der Waals surface area contributed by atoms with Gasteiger partial charge in [-0.2, -0.15) is 0 Å². The van der Waals surface area contributed by atoms with E-state index >= 15 is 0 Å². The second-order valence-corrected chi connectivity index (χ2v) is 9.07. The second-order valence-electron chi connectivity index (χ2n) is 9.07. The van der Waals surface area contributed by atoms with Crippen molar-refractivity contribution in [2.45, 2.75) is 51.1 Å². The molecule has 1 aromatic carbocycles. The van der Waals surface area contributed by atoms with Crippen LogP contribution in [0.15, 0.2) is 36.5 Å². The molecule has 0 amide bonds. The van der Waals surface area contributed by atoms with Crippen LogP contribution in [-0.4, -0.2) is 56.1 Å². The smallest absolute Gasteiger partial charge is 0.266 e. The van der Waals surface area contributed by atoms with E-state index in [-0.39, 0.29) is 37.3 Å². The van der Waals surface area contributed by atoms with E-state index in [1.807, 2.05) is 37.3 Å². The summed E-state index contributed by atoms with van der Waals surface area (Å²) >= 11 is 0. The van der Waals surface area contributed by atoms with Crippen LogP contribution in [0.25, 0.3) is 0 Å². The van der Waals surface area contributed by atoms with Crippen LogP contribution < -0.4 is 19.3 Å². The minimum absolute atomic E-state index is 0.00272. The predicted octanol–water partition coefficient (Wildman–Crippen LogP) is 4.68. The van der Waals surface area contributed by atoms with E-state index in [9.17, 15) is 13.6 Å². The quantitative estimate of drug-likeness (QED) is 0.572. The van der Waals surface area contributed by atoms with Gasteiger partial charge >= 0.3 is 0 Å². The van der Waals surface area contributed by atoms with E-state index in [0.717, 1.165) is 30.0 Å². The first-order chi connectivity index (χ1) is 15.8. The van der Waals surface area contributed by atoms with Gasteiger partial charge in [0.25, 0.3) is 5.92 Å². The standard InChI is InChI=1S/C25H31F2N3O3/c1-17(14-18(2)31)19-4-6-20(7-5-19)33-21-9-12-29(15-21)22-8-11-28-24(23(22)32-3)30-13-10-25(26,27)16-30/h4-8,11,17,21H,9-10,12-16H2,1-3H3/t17-,21-/m1/s1. The number of ketones is 1. The molecule has 2 aliphatic heterocycles. The van der Waals surface area contributed by atoms with Crippen LogP contribution in [0.3, 0.4) is 0 Å². The SMILES string of the molecule is COc1c(N2CC[C@@H](Oc3ccc([C@H](C)CC(C)=O)cc3)C2)ccnc1N1CCC(F)(F)C1. The number of carbonyl (C=O) groups excluding carboxylic acids is 1. The van der Waals surface area contributed by atoms with Crippen molar-refractivity contribution in [3.05, 3.63) is 42.1 Å². The van der Waals surface area contributed by atoms with E-state index in [2.05, 4.69) is 9.88 Å². The minimum atomic E-state index is -2.70. The molecule has 4 rings (SSSR count). The third kappa shape index (κ3) is 5.37.